The van der Waals surface area contributed by atoms with E-state index in [1.165, 1.54) is 22.4 Å². The third kappa shape index (κ3) is 2.71. The van der Waals surface area contributed by atoms with Crippen molar-refractivity contribution in [3.05, 3.63) is 41.1 Å². The van der Waals surface area contributed by atoms with Crippen molar-refractivity contribution in [2.75, 3.05) is 6.54 Å². The fourth-order valence-electron chi connectivity index (χ4n) is 2.49. The van der Waals surface area contributed by atoms with Crippen molar-refractivity contribution < 1.29 is 0 Å². The summed E-state index contributed by atoms with van der Waals surface area (Å²) >= 11 is 0. The minimum Gasteiger partial charge on any atom is -0.330 e. The number of hydrogen-bond donors (Lipinski definition) is 1. The Bertz CT molecular complexity index is 550. The third-order valence-electron chi connectivity index (χ3n) is 3.61. The van der Waals surface area contributed by atoms with Gasteiger partial charge in [-0.2, -0.15) is 5.10 Å². The van der Waals surface area contributed by atoms with E-state index in [0.29, 0.717) is 12.5 Å². The van der Waals surface area contributed by atoms with Gasteiger partial charge in [-0.05, 0) is 30.5 Å². The second-order valence-corrected chi connectivity index (χ2v) is 5.36. The van der Waals surface area contributed by atoms with Gasteiger partial charge in [-0.25, -0.2) is 0 Å². The molecule has 0 aliphatic carbocycles. The van der Waals surface area contributed by atoms with Gasteiger partial charge in [0.2, 0.25) is 0 Å². The molecule has 0 bridgehead atoms. The highest BCUT2D eigenvalue weighted by atomic mass is 15.3. The van der Waals surface area contributed by atoms with Crippen molar-refractivity contribution in [3.8, 4) is 11.3 Å². The second-order valence-electron chi connectivity index (χ2n) is 5.36. The van der Waals surface area contributed by atoms with E-state index in [1.807, 2.05) is 11.7 Å². The molecule has 2 aromatic rings. The molecular formula is C16H23N3. The summed E-state index contributed by atoms with van der Waals surface area (Å²) < 4.78 is 1.96. The number of nitrogens with zero attached hydrogens (tertiary/aromatic N) is 2. The largest absolute Gasteiger partial charge is 0.330 e. The van der Waals surface area contributed by atoms with Gasteiger partial charge in [0.25, 0.3) is 0 Å². The molecule has 0 radical (unpaired) electrons. The highest BCUT2D eigenvalue weighted by Gasteiger charge is 2.13. The van der Waals surface area contributed by atoms with Crippen LogP contribution in [0.4, 0.5) is 0 Å². The van der Waals surface area contributed by atoms with E-state index in [0.717, 1.165) is 12.1 Å². The predicted octanol–water partition coefficient (Wildman–Crippen LogP) is 3.02. The first kappa shape index (κ1) is 13.8. The minimum atomic E-state index is 0.564. The Hall–Kier alpha value is -1.61. The molecule has 0 unspecified atom stereocenters. The number of aromatic nitrogens is 2. The topological polar surface area (TPSA) is 43.8 Å². The summed E-state index contributed by atoms with van der Waals surface area (Å²) in [6, 6.07) is 8.78. The summed E-state index contributed by atoms with van der Waals surface area (Å²) in [5, 5.41) is 4.57. The summed E-state index contributed by atoms with van der Waals surface area (Å²) in [6.45, 7) is 7.20. The van der Waals surface area contributed by atoms with E-state index in [9.17, 15) is 0 Å². The average Bonchev–Trinajstić information content (AvgIpc) is 2.65. The van der Waals surface area contributed by atoms with Crippen LogP contribution in [-0.2, 0) is 13.5 Å². The molecule has 0 saturated heterocycles. The van der Waals surface area contributed by atoms with E-state index in [-0.39, 0.29) is 0 Å². The summed E-state index contributed by atoms with van der Waals surface area (Å²) in [5.41, 5.74) is 11.8. The monoisotopic (exact) mass is 257 g/mol. The summed E-state index contributed by atoms with van der Waals surface area (Å²) in [6.07, 6.45) is 0.837. The van der Waals surface area contributed by atoms with Crippen LogP contribution in [0.3, 0.4) is 0 Å². The van der Waals surface area contributed by atoms with E-state index < -0.39 is 0 Å². The zero-order valence-electron chi connectivity index (χ0n) is 12.3. The van der Waals surface area contributed by atoms with Gasteiger partial charge in [0.05, 0.1) is 11.4 Å². The van der Waals surface area contributed by atoms with Crippen LogP contribution >= 0.6 is 0 Å². The lowest BCUT2D eigenvalue weighted by Gasteiger charge is -2.08. The van der Waals surface area contributed by atoms with Gasteiger partial charge in [-0.15, -0.1) is 0 Å². The maximum Gasteiger partial charge on any atom is 0.0710 e. The van der Waals surface area contributed by atoms with Gasteiger partial charge in [0.15, 0.2) is 0 Å². The molecule has 0 fully saturated rings. The lowest BCUT2D eigenvalue weighted by atomic mass is 9.99. The predicted molar refractivity (Wildman–Crippen MR) is 80.2 cm³/mol. The zero-order valence-corrected chi connectivity index (χ0v) is 12.3. The van der Waals surface area contributed by atoms with Crippen molar-refractivity contribution >= 4 is 0 Å². The molecule has 102 valence electrons. The van der Waals surface area contributed by atoms with Gasteiger partial charge in [-0.3, -0.25) is 4.68 Å². The molecule has 1 aromatic carbocycles. The summed E-state index contributed by atoms with van der Waals surface area (Å²) in [7, 11) is 2.00. The van der Waals surface area contributed by atoms with E-state index in [1.54, 1.807) is 0 Å². The standard InChI is InChI=1S/C16H23N3/c1-11(2)13-5-7-14(8-6-13)16-12(3)15(9-10-17)18-19(16)4/h5-8,11H,9-10,17H2,1-4H3. The lowest BCUT2D eigenvalue weighted by Crippen LogP contribution is -2.04. The minimum absolute atomic E-state index is 0.564. The molecule has 1 aromatic heterocycles. The summed E-state index contributed by atoms with van der Waals surface area (Å²) in [5.74, 6) is 0.564. The molecule has 0 aliphatic rings. The highest BCUT2D eigenvalue weighted by Crippen LogP contribution is 2.27. The van der Waals surface area contributed by atoms with Crippen LogP contribution in [0.25, 0.3) is 11.3 Å². The Kier molecular flexibility index (Phi) is 4.05. The molecule has 2 N–H and O–H groups in total. The van der Waals surface area contributed by atoms with Crippen molar-refractivity contribution in [2.45, 2.75) is 33.1 Å². The number of nitrogens with two attached hydrogens (primary N) is 1. The molecule has 3 nitrogen and oxygen atoms in total. The number of rotatable bonds is 4. The molecule has 0 amide bonds. The molecular weight excluding hydrogens is 234 g/mol. The first-order valence-corrected chi connectivity index (χ1v) is 6.87. The fraction of sp³-hybridized carbons (Fsp3) is 0.438. The van der Waals surface area contributed by atoms with E-state index in [2.05, 4.69) is 50.1 Å². The summed E-state index contributed by atoms with van der Waals surface area (Å²) in [4.78, 5) is 0. The van der Waals surface area contributed by atoms with Crippen molar-refractivity contribution in [2.24, 2.45) is 12.8 Å². The normalized spacial score (nSPS) is 11.3. The van der Waals surface area contributed by atoms with Crippen molar-refractivity contribution in [1.82, 2.24) is 9.78 Å². The molecule has 3 heteroatoms. The number of benzene rings is 1. The Labute approximate surface area is 115 Å². The van der Waals surface area contributed by atoms with Crippen LogP contribution in [0.1, 0.15) is 36.6 Å². The Morgan fingerprint density at radius 3 is 2.37 bits per heavy atom. The first-order chi connectivity index (χ1) is 9.04. The van der Waals surface area contributed by atoms with Crippen LogP contribution in [0.5, 0.6) is 0 Å². The SMILES string of the molecule is Cc1c(CCN)nn(C)c1-c1ccc(C(C)C)cc1. The second kappa shape index (κ2) is 5.57. The van der Waals surface area contributed by atoms with E-state index >= 15 is 0 Å². The van der Waals surface area contributed by atoms with Gasteiger partial charge < -0.3 is 5.73 Å². The fourth-order valence-corrected chi connectivity index (χ4v) is 2.49. The van der Waals surface area contributed by atoms with Crippen LogP contribution in [0, 0.1) is 6.92 Å². The number of hydrogen-bond acceptors (Lipinski definition) is 2. The maximum atomic E-state index is 5.63. The number of aryl methyl sites for hydroxylation is 1. The lowest BCUT2D eigenvalue weighted by molar-refractivity contribution is 0.745. The smallest absolute Gasteiger partial charge is 0.0710 e. The third-order valence-corrected chi connectivity index (χ3v) is 3.61. The van der Waals surface area contributed by atoms with Crippen molar-refractivity contribution in [3.63, 3.8) is 0 Å². The molecule has 0 spiro atoms. The van der Waals surface area contributed by atoms with Crippen LogP contribution in [-0.4, -0.2) is 16.3 Å². The van der Waals surface area contributed by atoms with E-state index in [4.69, 9.17) is 5.73 Å². The molecule has 19 heavy (non-hydrogen) atoms. The molecule has 0 saturated carbocycles. The van der Waals surface area contributed by atoms with Crippen molar-refractivity contribution in [1.29, 1.82) is 0 Å². The van der Waals surface area contributed by atoms with Crippen LogP contribution < -0.4 is 5.73 Å². The Morgan fingerprint density at radius 2 is 1.84 bits per heavy atom. The highest BCUT2D eigenvalue weighted by molar-refractivity contribution is 5.64. The van der Waals surface area contributed by atoms with Crippen LogP contribution in [0.2, 0.25) is 0 Å². The zero-order chi connectivity index (χ0) is 14.0. The average molecular weight is 257 g/mol. The Balaban J connectivity index is 2.41. The first-order valence-electron chi connectivity index (χ1n) is 6.87. The molecule has 0 atom stereocenters. The van der Waals surface area contributed by atoms with Gasteiger partial charge in [0, 0.05) is 19.0 Å². The van der Waals surface area contributed by atoms with Gasteiger partial charge >= 0.3 is 0 Å². The van der Waals surface area contributed by atoms with Gasteiger partial charge in [0.1, 0.15) is 0 Å². The van der Waals surface area contributed by atoms with Crippen LogP contribution in [0.15, 0.2) is 24.3 Å². The van der Waals surface area contributed by atoms with Gasteiger partial charge in [-0.1, -0.05) is 38.1 Å². The quantitative estimate of drug-likeness (QED) is 0.915. The maximum absolute atomic E-state index is 5.63. The Morgan fingerprint density at radius 1 is 1.21 bits per heavy atom. The molecule has 2 rings (SSSR count). The molecule has 1 heterocycles. The molecule has 0 aliphatic heterocycles.